The van der Waals surface area contributed by atoms with Crippen LogP contribution < -0.4 is 14.8 Å². The lowest BCUT2D eigenvalue weighted by molar-refractivity contribution is -0.120. The van der Waals surface area contributed by atoms with E-state index in [1.807, 2.05) is 42.5 Å². The average Bonchev–Trinajstić information content (AvgIpc) is 2.59. The molecule has 0 unspecified atom stereocenters. The maximum atomic E-state index is 11.9. The number of benzene rings is 2. The highest BCUT2D eigenvalue weighted by molar-refractivity contribution is 5.78. The van der Waals surface area contributed by atoms with Crippen molar-refractivity contribution in [3.8, 4) is 11.5 Å². The number of carbonyl (C=O) groups is 1. The number of hydrogen-bond acceptors (Lipinski definition) is 3. The van der Waals surface area contributed by atoms with Crippen LogP contribution in [-0.4, -0.2) is 26.2 Å². The van der Waals surface area contributed by atoms with Crippen molar-refractivity contribution in [2.45, 2.75) is 19.8 Å². The van der Waals surface area contributed by atoms with Crippen molar-refractivity contribution in [3.63, 3.8) is 0 Å². The first-order valence-electron chi connectivity index (χ1n) is 7.82. The second-order valence-corrected chi connectivity index (χ2v) is 5.22. The molecule has 1 N–H and O–H groups in total. The van der Waals surface area contributed by atoms with Gasteiger partial charge in [-0.25, -0.2) is 0 Å². The van der Waals surface area contributed by atoms with Gasteiger partial charge in [-0.1, -0.05) is 31.2 Å². The van der Waals surface area contributed by atoms with Crippen molar-refractivity contribution in [1.82, 2.24) is 5.32 Å². The van der Waals surface area contributed by atoms with Crippen LogP contribution >= 0.6 is 0 Å². The Balaban J connectivity index is 1.69. The van der Waals surface area contributed by atoms with Crippen molar-refractivity contribution in [3.05, 3.63) is 59.7 Å². The molecule has 2 rings (SSSR count). The fraction of sp³-hybridized carbons (Fsp3) is 0.316. The van der Waals surface area contributed by atoms with Crippen LogP contribution in [0.5, 0.6) is 11.5 Å². The molecule has 1 amide bonds. The minimum absolute atomic E-state index is 0.0129. The minimum atomic E-state index is -0.0129. The quantitative estimate of drug-likeness (QED) is 0.762. The number of rotatable bonds is 8. The highest BCUT2D eigenvalue weighted by Crippen LogP contribution is 2.13. The second kappa shape index (κ2) is 8.83. The Morgan fingerprint density at radius 3 is 2.52 bits per heavy atom. The highest BCUT2D eigenvalue weighted by Gasteiger charge is 2.03. The molecular weight excluding hydrogens is 290 g/mol. The van der Waals surface area contributed by atoms with E-state index in [1.54, 1.807) is 7.11 Å². The number of nitrogens with one attached hydrogen (secondary N) is 1. The normalized spacial score (nSPS) is 10.2. The van der Waals surface area contributed by atoms with E-state index in [4.69, 9.17) is 9.47 Å². The number of methoxy groups -OCH3 is 1. The van der Waals surface area contributed by atoms with Gasteiger partial charge in [0.25, 0.3) is 0 Å². The van der Waals surface area contributed by atoms with Gasteiger partial charge in [-0.2, -0.15) is 0 Å². The van der Waals surface area contributed by atoms with Crippen molar-refractivity contribution in [2.75, 3.05) is 20.3 Å². The highest BCUT2D eigenvalue weighted by atomic mass is 16.5. The van der Waals surface area contributed by atoms with E-state index < -0.39 is 0 Å². The maximum Gasteiger partial charge on any atom is 0.224 e. The number of carbonyl (C=O) groups excluding carboxylic acids is 1. The predicted octanol–water partition coefficient (Wildman–Crippen LogP) is 3.00. The summed E-state index contributed by atoms with van der Waals surface area (Å²) in [7, 11) is 1.62. The summed E-state index contributed by atoms with van der Waals surface area (Å²) in [6.07, 6.45) is 1.34. The molecule has 0 aliphatic rings. The van der Waals surface area contributed by atoms with E-state index in [0.29, 0.717) is 19.6 Å². The van der Waals surface area contributed by atoms with Gasteiger partial charge in [-0.05, 0) is 41.8 Å². The van der Waals surface area contributed by atoms with Gasteiger partial charge in [-0.15, -0.1) is 0 Å². The summed E-state index contributed by atoms with van der Waals surface area (Å²) in [5, 5.41) is 2.86. The largest absolute Gasteiger partial charge is 0.497 e. The summed E-state index contributed by atoms with van der Waals surface area (Å²) in [5.41, 5.74) is 2.20. The van der Waals surface area contributed by atoms with Crippen molar-refractivity contribution in [1.29, 1.82) is 0 Å². The van der Waals surface area contributed by atoms with Crippen LogP contribution in [0.1, 0.15) is 18.1 Å². The van der Waals surface area contributed by atoms with E-state index in [2.05, 4.69) is 18.3 Å². The average molecular weight is 313 g/mol. The van der Waals surface area contributed by atoms with Crippen LogP contribution in [0.25, 0.3) is 0 Å². The Morgan fingerprint density at radius 2 is 1.83 bits per heavy atom. The third-order valence-corrected chi connectivity index (χ3v) is 3.52. The molecule has 0 saturated heterocycles. The zero-order chi connectivity index (χ0) is 16.5. The predicted molar refractivity (Wildman–Crippen MR) is 91.0 cm³/mol. The van der Waals surface area contributed by atoms with Crippen LogP contribution in [0, 0.1) is 0 Å². The zero-order valence-electron chi connectivity index (χ0n) is 13.7. The van der Waals surface area contributed by atoms with Gasteiger partial charge in [0.2, 0.25) is 5.91 Å². The SMILES string of the molecule is CCc1cccc(OCCNC(=O)Cc2ccc(OC)cc2)c1. The van der Waals surface area contributed by atoms with Crippen LogP contribution in [0.2, 0.25) is 0 Å². The molecule has 0 saturated carbocycles. The molecule has 2 aromatic carbocycles. The van der Waals surface area contributed by atoms with Crippen LogP contribution in [0.15, 0.2) is 48.5 Å². The summed E-state index contributed by atoms with van der Waals surface area (Å²) in [4.78, 5) is 11.9. The van der Waals surface area contributed by atoms with E-state index in [0.717, 1.165) is 23.5 Å². The summed E-state index contributed by atoms with van der Waals surface area (Å²) in [6, 6.07) is 15.5. The van der Waals surface area contributed by atoms with Gasteiger partial charge in [0.05, 0.1) is 20.1 Å². The lowest BCUT2D eigenvalue weighted by Crippen LogP contribution is -2.29. The van der Waals surface area contributed by atoms with Gasteiger partial charge in [-0.3, -0.25) is 4.79 Å². The molecule has 122 valence electrons. The molecule has 2 aromatic rings. The van der Waals surface area contributed by atoms with E-state index in [1.165, 1.54) is 5.56 Å². The molecule has 0 heterocycles. The first kappa shape index (κ1) is 16.9. The van der Waals surface area contributed by atoms with Gasteiger partial charge >= 0.3 is 0 Å². The molecule has 4 nitrogen and oxygen atoms in total. The Morgan fingerprint density at radius 1 is 1.04 bits per heavy atom. The third kappa shape index (κ3) is 5.66. The Labute approximate surface area is 137 Å². The smallest absolute Gasteiger partial charge is 0.224 e. The zero-order valence-corrected chi connectivity index (χ0v) is 13.7. The molecular formula is C19H23NO3. The molecule has 0 bridgehead atoms. The molecule has 4 heteroatoms. The van der Waals surface area contributed by atoms with Gasteiger partial charge in [0.15, 0.2) is 0 Å². The molecule has 23 heavy (non-hydrogen) atoms. The van der Waals surface area contributed by atoms with Crippen molar-refractivity contribution < 1.29 is 14.3 Å². The standard InChI is InChI=1S/C19H23NO3/c1-3-15-5-4-6-18(13-15)23-12-11-20-19(21)14-16-7-9-17(22-2)10-8-16/h4-10,13H,3,11-12,14H2,1-2H3,(H,20,21). The van der Waals surface area contributed by atoms with Crippen LogP contribution in [0.4, 0.5) is 0 Å². The number of aryl methyl sites for hydroxylation is 1. The third-order valence-electron chi connectivity index (χ3n) is 3.52. The lowest BCUT2D eigenvalue weighted by atomic mass is 10.1. The Kier molecular flexibility index (Phi) is 6.48. The summed E-state index contributed by atoms with van der Waals surface area (Å²) in [6.45, 7) is 3.06. The summed E-state index contributed by atoms with van der Waals surface area (Å²) in [5.74, 6) is 1.62. The lowest BCUT2D eigenvalue weighted by Gasteiger charge is -2.09. The van der Waals surface area contributed by atoms with Crippen molar-refractivity contribution in [2.24, 2.45) is 0 Å². The number of amides is 1. The molecule has 0 aliphatic heterocycles. The van der Waals surface area contributed by atoms with Crippen molar-refractivity contribution >= 4 is 5.91 Å². The number of ether oxygens (including phenoxy) is 2. The molecule has 0 spiro atoms. The molecule has 0 fully saturated rings. The Hall–Kier alpha value is -2.49. The van der Waals surface area contributed by atoms with E-state index >= 15 is 0 Å². The topological polar surface area (TPSA) is 47.6 Å². The molecule has 0 atom stereocenters. The maximum absolute atomic E-state index is 11.9. The molecule has 0 radical (unpaired) electrons. The first-order valence-corrected chi connectivity index (χ1v) is 7.82. The van der Waals surface area contributed by atoms with Crippen LogP contribution in [0.3, 0.4) is 0 Å². The summed E-state index contributed by atoms with van der Waals surface area (Å²) >= 11 is 0. The summed E-state index contributed by atoms with van der Waals surface area (Å²) < 4.78 is 10.7. The Bertz CT molecular complexity index is 623. The first-order chi connectivity index (χ1) is 11.2. The monoisotopic (exact) mass is 313 g/mol. The van der Waals surface area contributed by atoms with E-state index in [9.17, 15) is 4.79 Å². The van der Waals surface area contributed by atoms with Gasteiger partial charge < -0.3 is 14.8 Å². The minimum Gasteiger partial charge on any atom is -0.497 e. The van der Waals surface area contributed by atoms with Gasteiger partial charge in [0.1, 0.15) is 18.1 Å². The fourth-order valence-electron chi connectivity index (χ4n) is 2.21. The van der Waals surface area contributed by atoms with Gasteiger partial charge in [0, 0.05) is 0 Å². The van der Waals surface area contributed by atoms with E-state index in [-0.39, 0.29) is 5.91 Å². The number of hydrogen-bond donors (Lipinski definition) is 1. The molecule has 0 aromatic heterocycles. The molecule has 0 aliphatic carbocycles. The van der Waals surface area contributed by atoms with Crippen LogP contribution in [-0.2, 0) is 17.6 Å². The fourth-order valence-corrected chi connectivity index (χ4v) is 2.21. The second-order valence-electron chi connectivity index (χ2n) is 5.22.